The van der Waals surface area contributed by atoms with Gasteiger partial charge in [-0.2, -0.15) is 0 Å². The molecule has 1 amide bonds. The number of thiazole rings is 1. The van der Waals surface area contributed by atoms with Gasteiger partial charge in [0.05, 0.1) is 22.1 Å². The van der Waals surface area contributed by atoms with Gasteiger partial charge in [-0.1, -0.05) is 12.1 Å². The Kier molecular flexibility index (Phi) is 4.59. The van der Waals surface area contributed by atoms with Crippen molar-refractivity contribution < 1.29 is 4.79 Å². The van der Waals surface area contributed by atoms with Gasteiger partial charge in [-0.05, 0) is 30.7 Å². The zero-order valence-corrected chi connectivity index (χ0v) is 14.9. The van der Waals surface area contributed by atoms with Crippen molar-refractivity contribution in [3.63, 3.8) is 0 Å². The van der Waals surface area contributed by atoms with E-state index in [1.165, 1.54) is 11.3 Å². The van der Waals surface area contributed by atoms with Crippen molar-refractivity contribution >= 4 is 46.2 Å². The van der Waals surface area contributed by atoms with Crippen LogP contribution in [0.15, 0.2) is 35.7 Å². The summed E-state index contributed by atoms with van der Waals surface area (Å²) in [7, 11) is 0. The van der Waals surface area contributed by atoms with E-state index in [0.29, 0.717) is 45.1 Å². The molecule has 0 aliphatic carbocycles. The van der Waals surface area contributed by atoms with E-state index in [-0.39, 0.29) is 5.91 Å². The Labute approximate surface area is 154 Å². The highest BCUT2D eigenvalue weighted by molar-refractivity contribution is 7.09. The van der Waals surface area contributed by atoms with Crippen LogP contribution >= 0.6 is 11.3 Å². The van der Waals surface area contributed by atoms with E-state index in [0.717, 1.165) is 11.2 Å². The maximum Gasteiger partial charge on any atom is 0.275 e. The number of nitrogens with zero attached hydrogens (tertiary/aromatic N) is 1. The third-order valence-corrected chi connectivity index (χ3v) is 4.68. The Bertz CT molecular complexity index is 1010. The van der Waals surface area contributed by atoms with Crippen LogP contribution in [-0.2, 0) is 0 Å². The molecule has 0 atom stereocenters. The van der Waals surface area contributed by atoms with Gasteiger partial charge >= 0.3 is 0 Å². The van der Waals surface area contributed by atoms with Gasteiger partial charge in [0.2, 0.25) is 0 Å². The van der Waals surface area contributed by atoms with Gasteiger partial charge in [0.15, 0.2) is 0 Å². The molecule has 7 nitrogen and oxygen atoms in total. The molecule has 0 bridgehead atoms. The van der Waals surface area contributed by atoms with Crippen molar-refractivity contribution in [2.75, 3.05) is 22.5 Å². The number of hydrogen-bond acceptors (Lipinski definition) is 7. The summed E-state index contributed by atoms with van der Waals surface area (Å²) >= 11 is 1.39. The van der Waals surface area contributed by atoms with Crippen LogP contribution in [0.3, 0.4) is 0 Å². The highest BCUT2D eigenvalue weighted by Crippen LogP contribution is 2.35. The molecule has 2 aromatic carbocycles. The minimum atomic E-state index is -0.366. The zero-order valence-electron chi connectivity index (χ0n) is 14.0. The lowest BCUT2D eigenvalue weighted by Gasteiger charge is -2.14. The van der Waals surface area contributed by atoms with E-state index >= 15 is 0 Å². The molecule has 0 unspecified atom stereocenters. The molecule has 3 aromatic rings. The molecule has 0 fully saturated rings. The number of rotatable bonds is 4. The fourth-order valence-electron chi connectivity index (χ4n) is 2.58. The molecule has 0 saturated heterocycles. The topological polar surface area (TPSA) is 144 Å². The molecule has 8 N–H and O–H groups in total. The molecular weight excluding hydrogens is 348 g/mol. The predicted octanol–water partition coefficient (Wildman–Crippen LogP) is 3.12. The molecule has 8 heteroatoms. The number of amides is 1. The van der Waals surface area contributed by atoms with Gasteiger partial charge in [0.1, 0.15) is 5.69 Å². The van der Waals surface area contributed by atoms with Crippen LogP contribution in [0.25, 0.3) is 11.1 Å². The summed E-state index contributed by atoms with van der Waals surface area (Å²) in [6.45, 7) is 1.83. The number of anilines is 4. The van der Waals surface area contributed by atoms with Gasteiger partial charge in [0, 0.05) is 28.4 Å². The number of aromatic nitrogens is 1. The fraction of sp³-hybridized carbons (Fsp3) is 0.0556. The Balaban J connectivity index is 2.06. The first-order chi connectivity index (χ1) is 12.4. The maximum atomic E-state index is 12.4. The molecular formula is C18H18N6OS. The molecule has 132 valence electrons. The molecule has 0 aliphatic heterocycles. The van der Waals surface area contributed by atoms with Crippen LogP contribution in [0.2, 0.25) is 0 Å². The maximum absolute atomic E-state index is 12.4. The van der Waals surface area contributed by atoms with Crippen molar-refractivity contribution in [3.8, 4) is 11.1 Å². The predicted molar refractivity (Wildman–Crippen MR) is 108 cm³/mol. The number of carbonyl (C=O) groups is 1. The van der Waals surface area contributed by atoms with Crippen LogP contribution in [0, 0.1) is 12.3 Å². The third-order valence-electron chi connectivity index (χ3n) is 3.91. The Hall–Kier alpha value is -3.39. The highest BCUT2D eigenvalue weighted by atomic mass is 32.1. The lowest BCUT2D eigenvalue weighted by molar-refractivity contribution is 0.102. The van der Waals surface area contributed by atoms with Crippen molar-refractivity contribution in [1.82, 2.24) is 4.98 Å². The lowest BCUT2D eigenvalue weighted by Crippen LogP contribution is -2.14. The smallest absolute Gasteiger partial charge is 0.275 e. The number of benzene rings is 2. The Morgan fingerprint density at radius 2 is 2.00 bits per heavy atom. The zero-order chi connectivity index (χ0) is 18.8. The van der Waals surface area contributed by atoms with Crippen molar-refractivity contribution in [3.05, 3.63) is 52.0 Å². The molecule has 1 aromatic heterocycles. The number of nitrogens with one attached hydrogen (secondary N) is 2. The van der Waals surface area contributed by atoms with Crippen LogP contribution in [0.4, 0.5) is 22.7 Å². The molecule has 0 saturated carbocycles. The molecule has 0 radical (unpaired) electrons. The first kappa shape index (κ1) is 17.4. The monoisotopic (exact) mass is 366 g/mol. The van der Waals surface area contributed by atoms with Crippen molar-refractivity contribution in [2.24, 2.45) is 0 Å². The number of carbonyl (C=O) groups excluding carboxylic acids is 1. The quantitative estimate of drug-likeness (QED) is 0.356. The summed E-state index contributed by atoms with van der Waals surface area (Å²) in [6, 6.07) is 8.74. The normalized spacial score (nSPS) is 10.5. The van der Waals surface area contributed by atoms with Crippen LogP contribution in [0.5, 0.6) is 0 Å². The summed E-state index contributed by atoms with van der Waals surface area (Å²) in [4.78, 5) is 16.6. The average Bonchev–Trinajstić information content (AvgIpc) is 3.03. The van der Waals surface area contributed by atoms with Gasteiger partial charge in [-0.25, -0.2) is 4.98 Å². The molecule has 0 spiro atoms. The summed E-state index contributed by atoms with van der Waals surface area (Å²) in [6.07, 6.45) is 1.10. The van der Waals surface area contributed by atoms with Gasteiger partial charge in [-0.15, -0.1) is 11.3 Å². The minimum absolute atomic E-state index is 0.316. The van der Waals surface area contributed by atoms with Crippen molar-refractivity contribution in [2.45, 2.75) is 6.92 Å². The minimum Gasteiger partial charge on any atom is -0.398 e. The first-order valence-corrected chi connectivity index (χ1v) is 8.60. The van der Waals surface area contributed by atoms with Crippen LogP contribution in [-0.4, -0.2) is 17.1 Å². The number of aryl methyl sites for hydroxylation is 1. The largest absolute Gasteiger partial charge is 0.398 e. The van der Waals surface area contributed by atoms with E-state index in [2.05, 4.69) is 10.3 Å². The highest BCUT2D eigenvalue weighted by Gasteiger charge is 2.15. The second kappa shape index (κ2) is 6.85. The second-order valence-electron chi connectivity index (χ2n) is 5.69. The van der Waals surface area contributed by atoms with E-state index in [1.807, 2.05) is 13.0 Å². The standard InChI is InChI=1S/C18H18N6OS/c1-9-23-16(8-26-9)18(25)24-15-6-10(5-14(21)12(15)7-19)11-3-2-4-13(20)17(11)22/h2-8,19H,20-22H2,1H3,(H,24,25). The fourth-order valence-corrected chi connectivity index (χ4v) is 3.18. The van der Waals surface area contributed by atoms with Crippen LogP contribution in [0.1, 0.15) is 21.1 Å². The van der Waals surface area contributed by atoms with Crippen molar-refractivity contribution in [1.29, 1.82) is 5.41 Å². The second-order valence-corrected chi connectivity index (χ2v) is 6.75. The number of nitrogen functional groups attached to an aromatic ring is 3. The van der Waals surface area contributed by atoms with Crippen LogP contribution < -0.4 is 22.5 Å². The van der Waals surface area contributed by atoms with E-state index in [4.69, 9.17) is 22.6 Å². The molecule has 3 rings (SSSR count). The Morgan fingerprint density at radius 1 is 1.23 bits per heavy atom. The summed E-state index contributed by atoms with van der Waals surface area (Å²) in [5.74, 6) is -0.366. The summed E-state index contributed by atoms with van der Waals surface area (Å²) < 4.78 is 0. The molecule has 1 heterocycles. The third kappa shape index (κ3) is 3.22. The number of hydrogen-bond donors (Lipinski definition) is 5. The van der Waals surface area contributed by atoms with Gasteiger partial charge in [0.25, 0.3) is 5.91 Å². The summed E-state index contributed by atoms with van der Waals surface area (Å²) in [5, 5.41) is 12.9. The summed E-state index contributed by atoms with van der Waals surface area (Å²) in [5.41, 5.74) is 21.8. The first-order valence-electron chi connectivity index (χ1n) is 7.72. The average molecular weight is 366 g/mol. The molecule has 26 heavy (non-hydrogen) atoms. The number of nitrogens with two attached hydrogens (primary N) is 3. The van der Waals surface area contributed by atoms with E-state index < -0.39 is 0 Å². The Morgan fingerprint density at radius 3 is 2.65 bits per heavy atom. The van der Waals surface area contributed by atoms with Gasteiger partial charge in [-0.3, -0.25) is 4.79 Å². The number of para-hydroxylation sites is 1. The van der Waals surface area contributed by atoms with E-state index in [1.54, 1.807) is 29.6 Å². The van der Waals surface area contributed by atoms with Gasteiger partial charge < -0.3 is 27.9 Å². The molecule has 0 aliphatic rings. The SMILES string of the molecule is Cc1nc(C(=O)Nc2cc(-c3cccc(N)c3N)cc(N)c2C=N)cs1. The van der Waals surface area contributed by atoms with E-state index in [9.17, 15) is 4.79 Å². The lowest BCUT2D eigenvalue weighted by atomic mass is 9.98.